The van der Waals surface area contributed by atoms with Crippen LogP contribution in [-0.2, 0) is 0 Å². The molecule has 0 fully saturated rings. The maximum atomic E-state index is 12.8. The third-order valence-corrected chi connectivity index (χ3v) is 3.85. The van der Waals surface area contributed by atoms with E-state index < -0.39 is 0 Å². The summed E-state index contributed by atoms with van der Waals surface area (Å²) in [6.45, 7) is 1.93. The minimum Gasteiger partial charge on any atom is -0.496 e. The molecule has 20 heavy (non-hydrogen) atoms. The number of carbonyl (C=O) groups is 1. The first-order valence-electron chi connectivity index (χ1n) is 6.16. The minimum absolute atomic E-state index is 0.000116. The van der Waals surface area contributed by atoms with Gasteiger partial charge in [-0.15, -0.1) is 11.8 Å². The second kappa shape index (κ2) is 6.57. The van der Waals surface area contributed by atoms with Crippen LogP contribution in [0.25, 0.3) is 0 Å². The van der Waals surface area contributed by atoms with Crippen molar-refractivity contribution in [3.8, 4) is 5.75 Å². The van der Waals surface area contributed by atoms with Crippen LogP contribution in [0.2, 0.25) is 0 Å². The second-order valence-corrected chi connectivity index (χ2v) is 5.42. The predicted octanol–water partition coefficient (Wildman–Crippen LogP) is 4.12. The summed E-state index contributed by atoms with van der Waals surface area (Å²) in [5, 5.41) is 0. The normalized spacial score (nSPS) is 10.3. The van der Waals surface area contributed by atoms with E-state index in [9.17, 15) is 9.18 Å². The first-order chi connectivity index (χ1) is 9.60. The van der Waals surface area contributed by atoms with Gasteiger partial charge < -0.3 is 4.74 Å². The first-order valence-corrected chi connectivity index (χ1v) is 7.15. The van der Waals surface area contributed by atoms with Crippen molar-refractivity contribution in [1.29, 1.82) is 0 Å². The van der Waals surface area contributed by atoms with Gasteiger partial charge in [-0.25, -0.2) is 4.39 Å². The van der Waals surface area contributed by atoms with Crippen LogP contribution < -0.4 is 4.74 Å². The van der Waals surface area contributed by atoms with Crippen molar-refractivity contribution in [2.24, 2.45) is 0 Å². The van der Waals surface area contributed by atoms with Crippen LogP contribution in [-0.4, -0.2) is 18.6 Å². The molecular weight excluding hydrogens is 275 g/mol. The van der Waals surface area contributed by atoms with E-state index in [4.69, 9.17) is 4.74 Å². The number of methoxy groups -OCH3 is 1. The number of halogens is 1. The number of carbonyl (C=O) groups excluding carboxylic acids is 1. The molecular formula is C16H15FO2S. The van der Waals surface area contributed by atoms with Crippen LogP contribution in [0.15, 0.2) is 47.4 Å². The summed E-state index contributed by atoms with van der Waals surface area (Å²) in [4.78, 5) is 13.1. The number of ether oxygens (including phenoxy) is 1. The Balaban J connectivity index is 2.08. The summed E-state index contributed by atoms with van der Waals surface area (Å²) < 4.78 is 18.0. The van der Waals surface area contributed by atoms with Crippen molar-refractivity contribution >= 4 is 17.5 Å². The number of hydrogen-bond donors (Lipinski definition) is 0. The molecule has 0 spiro atoms. The maximum absolute atomic E-state index is 12.8. The lowest BCUT2D eigenvalue weighted by Gasteiger charge is -2.08. The molecule has 0 aliphatic rings. The first kappa shape index (κ1) is 14.6. The highest BCUT2D eigenvalue weighted by Gasteiger charge is 2.12. The Kier molecular flexibility index (Phi) is 4.79. The second-order valence-electron chi connectivity index (χ2n) is 4.37. The highest BCUT2D eigenvalue weighted by Crippen LogP contribution is 2.24. The molecule has 2 aromatic carbocycles. The molecule has 0 aliphatic heterocycles. The fourth-order valence-corrected chi connectivity index (χ4v) is 2.58. The molecule has 0 bridgehead atoms. The lowest BCUT2D eigenvalue weighted by Crippen LogP contribution is -2.05. The number of benzene rings is 2. The standard InChI is InChI=1S/C16H15FO2S/c1-11-3-8-16(19-2)14(9-11)15(18)10-20-13-6-4-12(17)5-7-13/h3-9H,10H2,1-2H3. The summed E-state index contributed by atoms with van der Waals surface area (Å²) in [6.07, 6.45) is 0. The molecule has 0 N–H and O–H groups in total. The molecule has 0 heterocycles. The number of aryl methyl sites for hydroxylation is 1. The highest BCUT2D eigenvalue weighted by atomic mass is 32.2. The van der Waals surface area contributed by atoms with E-state index in [-0.39, 0.29) is 11.6 Å². The third kappa shape index (κ3) is 3.61. The van der Waals surface area contributed by atoms with E-state index in [0.29, 0.717) is 17.1 Å². The molecule has 4 heteroatoms. The molecule has 2 rings (SSSR count). The zero-order chi connectivity index (χ0) is 14.5. The summed E-state index contributed by atoms with van der Waals surface area (Å²) in [5.74, 6) is 0.604. The Hall–Kier alpha value is -1.81. The Morgan fingerprint density at radius 2 is 1.90 bits per heavy atom. The molecule has 0 radical (unpaired) electrons. The van der Waals surface area contributed by atoms with Crippen LogP contribution in [0.3, 0.4) is 0 Å². The molecule has 104 valence electrons. The fraction of sp³-hybridized carbons (Fsp3) is 0.188. The van der Waals surface area contributed by atoms with Crippen LogP contribution in [0.1, 0.15) is 15.9 Å². The molecule has 0 saturated heterocycles. The quantitative estimate of drug-likeness (QED) is 0.612. The number of rotatable bonds is 5. The zero-order valence-corrected chi connectivity index (χ0v) is 12.2. The van der Waals surface area contributed by atoms with Gasteiger partial charge in [0.05, 0.1) is 18.4 Å². The maximum Gasteiger partial charge on any atom is 0.176 e. The van der Waals surface area contributed by atoms with Gasteiger partial charge in [0.1, 0.15) is 11.6 Å². The number of thioether (sulfide) groups is 1. The number of hydrogen-bond acceptors (Lipinski definition) is 3. The van der Waals surface area contributed by atoms with Crippen LogP contribution in [0.4, 0.5) is 4.39 Å². The van der Waals surface area contributed by atoms with Crippen molar-refractivity contribution in [3.63, 3.8) is 0 Å². The van der Waals surface area contributed by atoms with Crippen molar-refractivity contribution in [2.75, 3.05) is 12.9 Å². The van der Waals surface area contributed by atoms with E-state index in [1.54, 1.807) is 25.3 Å². The van der Waals surface area contributed by atoms with Crippen molar-refractivity contribution < 1.29 is 13.9 Å². The average molecular weight is 290 g/mol. The SMILES string of the molecule is COc1ccc(C)cc1C(=O)CSc1ccc(F)cc1. The highest BCUT2D eigenvalue weighted by molar-refractivity contribution is 8.00. The third-order valence-electron chi connectivity index (χ3n) is 2.84. The largest absolute Gasteiger partial charge is 0.496 e. The summed E-state index contributed by atoms with van der Waals surface area (Å²) in [6, 6.07) is 11.6. The number of ketones is 1. The van der Waals surface area contributed by atoms with Gasteiger partial charge in [-0.3, -0.25) is 4.79 Å². The average Bonchev–Trinajstić information content (AvgIpc) is 2.46. The lowest BCUT2D eigenvalue weighted by molar-refractivity contribution is 0.101. The molecule has 0 amide bonds. The van der Waals surface area contributed by atoms with Crippen LogP contribution in [0, 0.1) is 12.7 Å². The summed E-state index contributed by atoms with van der Waals surface area (Å²) >= 11 is 1.39. The van der Waals surface area contributed by atoms with Gasteiger partial charge >= 0.3 is 0 Å². The molecule has 0 aliphatic carbocycles. The van der Waals surface area contributed by atoms with Crippen LogP contribution >= 0.6 is 11.8 Å². The fourth-order valence-electron chi connectivity index (χ4n) is 1.80. The van der Waals surface area contributed by atoms with Gasteiger partial charge in [-0.2, -0.15) is 0 Å². The van der Waals surface area contributed by atoms with Gasteiger partial charge in [0, 0.05) is 4.90 Å². The Morgan fingerprint density at radius 1 is 1.20 bits per heavy atom. The van der Waals surface area contributed by atoms with E-state index in [2.05, 4.69) is 0 Å². The lowest BCUT2D eigenvalue weighted by atomic mass is 10.1. The Labute approximate surface area is 122 Å². The van der Waals surface area contributed by atoms with Crippen molar-refractivity contribution in [2.45, 2.75) is 11.8 Å². The Morgan fingerprint density at radius 3 is 2.55 bits per heavy atom. The predicted molar refractivity (Wildman–Crippen MR) is 79.2 cm³/mol. The van der Waals surface area contributed by atoms with Gasteiger partial charge in [-0.05, 0) is 43.3 Å². The Bertz CT molecular complexity index is 608. The molecule has 0 saturated carbocycles. The van der Waals surface area contributed by atoms with Gasteiger partial charge in [0.2, 0.25) is 0 Å². The molecule has 0 unspecified atom stereocenters. The minimum atomic E-state index is -0.277. The van der Waals surface area contributed by atoms with E-state index >= 15 is 0 Å². The summed E-state index contributed by atoms with van der Waals surface area (Å²) in [7, 11) is 1.55. The van der Waals surface area contributed by atoms with E-state index in [1.165, 1.54) is 23.9 Å². The van der Waals surface area contributed by atoms with Gasteiger partial charge in [-0.1, -0.05) is 11.6 Å². The molecule has 2 nitrogen and oxygen atoms in total. The zero-order valence-electron chi connectivity index (χ0n) is 11.4. The molecule has 2 aromatic rings. The van der Waals surface area contributed by atoms with Crippen LogP contribution in [0.5, 0.6) is 5.75 Å². The molecule has 0 atom stereocenters. The van der Waals surface area contributed by atoms with Crippen molar-refractivity contribution in [3.05, 3.63) is 59.4 Å². The number of Topliss-reactive ketones (excluding diaryl/α,β-unsaturated/α-hetero) is 1. The topological polar surface area (TPSA) is 26.3 Å². The van der Waals surface area contributed by atoms with E-state index in [1.807, 2.05) is 19.1 Å². The molecule has 0 aromatic heterocycles. The monoisotopic (exact) mass is 290 g/mol. The van der Waals surface area contributed by atoms with Gasteiger partial charge in [0.15, 0.2) is 5.78 Å². The van der Waals surface area contributed by atoms with Gasteiger partial charge in [0.25, 0.3) is 0 Å². The smallest absolute Gasteiger partial charge is 0.176 e. The van der Waals surface area contributed by atoms with E-state index in [0.717, 1.165) is 10.5 Å². The summed E-state index contributed by atoms with van der Waals surface area (Å²) in [5.41, 5.74) is 1.60. The van der Waals surface area contributed by atoms with Crippen molar-refractivity contribution in [1.82, 2.24) is 0 Å².